The van der Waals surface area contributed by atoms with Gasteiger partial charge in [-0.25, -0.2) is 12.8 Å². The third kappa shape index (κ3) is 6.30. The number of nitrogens with zero attached hydrogens (tertiary/aromatic N) is 5. The zero-order valence-electron chi connectivity index (χ0n) is 21.8. The number of amides is 1. The van der Waals surface area contributed by atoms with E-state index in [1.807, 2.05) is 13.8 Å². The minimum Gasteiger partial charge on any atom is -0.379 e. The van der Waals surface area contributed by atoms with Gasteiger partial charge in [-0.1, -0.05) is 37.7 Å². The van der Waals surface area contributed by atoms with Crippen LogP contribution >= 0.6 is 11.8 Å². The van der Waals surface area contributed by atoms with E-state index in [2.05, 4.69) is 21.6 Å². The van der Waals surface area contributed by atoms with Gasteiger partial charge in [0.05, 0.1) is 29.9 Å². The Kier molecular flexibility index (Phi) is 8.70. The van der Waals surface area contributed by atoms with E-state index in [-0.39, 0.29) is 35.6 Å². The molecule has 2 aromatic carbocycles. The molecule has 1 amide bonds. The summed E-state index contributed by atoms with van der Waals surface area (Å²) < 4.78 is 48.5. The Morgan fingerprint density at radius 3 is 2.54 bits per heavy atom. The predicted molar refractivity (Wildman–Crippen MR) is 144 cm³/mol. The lowest BCUT2D eigenvalue weighted by atomic mass is 9.90. The largest absolute Gasteiger partial charge is 0.379 e. The average Bonchev–Trinajstić information content (AvgIpc) is 3.36. The Bertz CT molecular complexity index is 1480. The van der Waals surface area contributed by atoms with Gasteiger partial charge in [-0.3, -0.25) is 9.36 Å². The number of hydrogen-bond acceptors (Lipinski definition) is 8. The lowest BCUT2D eigenvalue weighted by Crippen LogP contribution is -2.49. The third-order valence-electron chi connectivity index (χ3n) is 6.54. The maximum absolute atomic E-state index is 13.7. The number of ether oxygens (including phenoxy) is 1. The second kappa shape index (κ2) is 11.8. The molecule has 1 fully saturated rings. The molecule has 0 bridgehead atoms. The zero-order chi connectivity index (χ0) is 28.2. The molecule has 1 aliphatic heterocycles. The first-order chi connectivity index (χ1) is 18.5. The van der Waals surface area contributed by atoms with Crippen LogP contribution in [0.15, 0.2) is 58.6 Å². The highest BCUT2D eigenvalue weighted by Crippen LogP contribution is 2.30. The Hall–Kier alpha value is -3.31. The molecule has 2 heterocycles. The molecule has 0 aliphatic carbocycles. The number of halogens is 1. The van der Waals surface area contributed by atoms with Crippen LogP contribution in [0, 0.1) is 23.1 Å². The molecule has 1 aliphatic rings. The summed E-state index contributed by atoms with van der Waals surface area (Å²) in [5, 5.41) is 21.2. The molecule has 1 aromatic heterocycles. The summed E-state index contributed by atoms with van der Waals surface area (Å²) in [6.07, 6.45) is 0. The van der Waals surface area contributed by atoms with Gasteiger partial charge in [-0.05, 0) is 49.2 Å². The van der Waals surface area contributed by atoms with Crippen LogP contribution in [0.4, 0.5) is 4.39 Å². The number of benzene rings is 2. The highest BCUT2D eigenvalue weighted by molar-refractivity contribution is 7.99. The van der Waals surface area contributed by atoms with Crippen LogP contribution in [0.2, 0.25) is 0 Å². The van der Waals surface area contributed by atoms with Crippen LogP contribution in [0.1, 0.15) is 20.8 Å². The maximum atomic E-state index is 13.7. The van der Waals surface area contributed by atoms with Gasteiger partial charge in [-0.2, -0.15) is 9.57 Å². The SMILES string of the molecule is CC(C)[C@](C)(C#N)NC(=O)CSc1nnc(-c2cccc(S(=O)(=O)N3CCOCC3)c2)n1-c1ccc(F)cc1. The van der Waals surface area contributed by atoms with Gasteiger partial charge in [0, 0.05) is 24.3 Å². The molecule has 0 saturated carbocycles. The van der Waals surface area contributed by atoms with Gasteiger partial charge in [0.15, 0.2) is 11.0 Å². The lowest BCUT2D eigenvalue weighted by molar-refractivity contribution is -0.120. The average molecular weight is 573 g/mol. The normalized spacial score (nSPS) is 16.0. The second-order valence-corrected chi connectivity index (χ2v) is 12.3. The minimum absolute atomic E-state index is 0.0469. The summed E-state index contributed by atoms with van der Waals surface area (Å²) in [5.41, 5.74) is -0.0149. The molecule has 39 heavy (non-hydrogen) atoms. The number of thioether (sulfide) groups is 1. The molecule has 0 spiro atoms. The van der Waals surface area contributed by atoms with Crippen molar-refractivity contribution in [2.75, 3.05) is 32.1 Å². The van der Waals surface area contributed by atoms with Crippen LogP contribution in [-0.2, 0) is 19.6 Å². The fourth-order valence-corrected chi connectivity index (χ4v) is 6.07. The number of sulfonamides is 1. The van der Waals surface area contributed by atoms with Crippen LogP contribution in [0.25, 0.3) is 17.1 Å². The van der Waals surface area contributed by atoms with Gasteiger partial charge in [-0.15, -0.1) is 10.2 Å². The topological polar surface area (TPSA) is 130 Å². The Morgan fingerprint density at radius 1 is 1.21 bits per heavy atom. The molecule has 0 radical (unpaired) electrons. The van der Waals surface area contributed by atoms with Crippen molar-refractivity contribution in [2.45, 2.75) is 36.4 Å². The van der Waals surface area contributed by atoms with Crippen molar-refractivity contribution in [3.8, 4) is 23.1 Å². The number of carbonyl (C=O) groups is 1. The molecule has 13 heteroatoms. The Morgan fingerprint density at radius 2 is 1.90 bits per heavy atom. The summed E-state index contributed by atoms with van der Waals surface area (Å²) in [6, 6.07) is 14.2. The fourth-order valence-electron chi connectivity index (χ4n) is 3.86. The molecular weight excluding hydrogens is 543 g/mol. The van der Waals surface area contributed by atoms with Gasteiger partial charge in [0.25, 0.3) is 0 Å². The zero-order valence-corrected chi connectivity index (χ0v) is 23.4. The third-order valence-corrected chi connectivity index (χ3v) is 9.36. The predicted octanol–water partition coefficient (Wildman–Crippen LogP) is 3.24. The van der Waals surface area contributed by atoms with Crippen LogP contribution in [0.3, 0.4) is 0 Å². The van der Waals surface area contributed by atoms with E-state index >= 15 is 0 Å². The lowest BCUT2D eigenvalue weighted by Gasteiger charge is -2.27. The van der Waals surface area contributed by atoms with Gasteiger partial charge >= 0.3 is 0 Å². The van der Waals surface area contributed by atoms with E-state index in [1.165, 1.54) is 28.6 Å². The summed E-state index contributed by atoms with van der Waals surface area (Å²) in [6.45, 7) is 6.55. The highest BCUT2D eigenvalue weighted by atomic mass is 32.2. The van der Waals surface area contributed by atoms with Crippen LogP contribution < -0.4 is 5.32 Å². The smallest absolute Gasteiger partial charge is 0.243 e. The monoisotopic (exact) mass is 572 g/mol. The van der Waals surface area contributed by atoms with Gasteiger partial charge < -0.3 is 10.1 Å². The van der Waals surface area contributed by atoms with Crippen molar-refractivity contribution >= 4 is 27.7 Å². The van der Waals surface area contributed by atoms with E-state index in [0.29, 0.717) is 35.4 Å². The first kappa shape index (κ1) is 28.7. The number of nitriles is 1. The number of carbonyl (C=O) groups excluding carboxylic acids is 1. The second-order valence-electron chi connectivity index (χ2n) is 9.47. The van der Waals surface area contributed by atoms with Crippen molar-refractivity contribution in [3.63, 3.8) is 0 Å². The maximum Gasteiger partial charge on any atom is 0.243 e. The van der Waals surface area contributed by atoms with Crippen molar-refractivity contribution < 1.29 is 22.3 Å². The number of hydrogen-bond donors (Lipinski definition) is 1. The quantitative estimate of drug-likeness (QED) is 0.387. The summed E-state index contributed by atoms with van der Waals surface area (Å²) >= 11 is 1.10. The number of nitrogens with one attached hydrogen (secondary N) is 1. The highest BCUT2D eigenvalue weighted by Gasteiger charge is 2.30. The Labute approximate surface area is 231 Å². The van der Waals surface area contributed by atoms with Crippen molar-refractivity contribution in [1.82, 2.24) is 24.4 Å². The van der Waals surface area contributed by atoms with Crippen LogP contribution in [0.5, 0.6) is 0 Å². The van der Waals surface area contributed by atoms with Crippen molar-refractivity contribution in [1.29, 1.82) is 5.26 Å². The number of aromatic nitrogens is 3. The first-order valence-electron chi connectivity index (χ1n) is 12.3. The van der Waals surface area contributed by atoms with E-state index in [4.69, 9.17) is 4.74 Å². The molecule has 4 rings (SSSR count). The van der Waals surface area contributed by atoms with E-state index in [0.717, 1.165) is 11.8 Å². The molecule has 1 saturated heterocycles. The number of morpholine rings is 1. The molecule has 10 nitrogen and oxygen atoms in total. The van der Waals surface area contributed by atoms with E-state index in [1.54, 1.807) is 35.8 Å². The fraction of sp³-hybridized carbons (Fsp3) is 0.385. The molecule has 3 aromatic rings. The van der Waals surface area contributed by atoms with Crippen LogP contribution in [-0.4, -0.2) is 71.0 Å². The van der Waals surface area contributed by atoms with Crippen molar-refractivity contribution in [2.24, 2.45) is 5.92 Å². The number of rotatable bonds is 9. The first-order valence-corrected chi connectivity index (χ1v) is 14.7. The van der Waals surface area contributed by atoms with Crippen molar-refractivity contribution in [3.05, 3.63) is 54.3 Å². The Balaban J connectivity index is 1.67. The van der Waals surface area contributed by atoms with Gasteiger partial charge in [0.2, 0.25) is 15.9 Å². The minimum atomic E-state index is -3.76. The summed E-state index contributed by atoms with van der Waals surface area (Å²) in [5.74, 6) is -0.606. The van der Waals surface area contributed by atoms with E-state index < -0.39 is 21.4 Å². The standard InChI is InChI=1S/C26H29FN6O4S2/c1-18(2)26(3,17-28)29-23(34)16-38-25-31-30-24(33(25)21-9-7-20(27)8-10-21)19-5-4-6-22(15-19)39(35,36)32-11-13-37-14-12-32/h4-10,15,18H,11-14,16H2,1-3H3,(H,29,34)/t26-/m0/s1. The molecular formula is C26H29FN6O4S2. The summed E-state index contributed by atoms with van der Waals surface area (Å²) in [7, 11) is -3.76. The molecule has 1 atom stereocenters. The molecule has 0 unspecified atom stereocenters. The molecule has 1 N–H and O–H groups in total. The van der Waals surface area contributed by atoms with Gasteiger partial charge in [0.1, 0.15) is 11.4 Å². The summed E-state index contributed by atoms with van der Waals surface area (Å²) in [4.78, 5) is 12.8. The molecule has 206 valence electrons. The van der Waals surface area contributed by atoms with E-state index in [9.17, 15) is 22.9 Å².